The van der Waals surface area contributed by atoms with E-state index in [9.17, 15) is 24.5 Å². The van der Waals surface area contributed by atoms with E-state index in [-0.39, 0.29) is 34.9 Å². The van der Waals surface area contributed by atoms with Gasteiger partial charge in [-0.2, -0.15) is 0 Å². The van der Waals surface area contributed by atoms with Crippen LogP contribution in [0.4, 0.5) is 5.69 Å². The van der Waals surface area contributed by atoms with E-state index in [4.69, 9.17) is 11.6 Å². The van der Waals surface area contributed by atoms with Crippen LogP contribution in [0.25, 0.3) is 0 Å². The number of nitrogens with one attached hydrogen (secondary N) is 2. The maximum atomic E-state index is 13.8. The van der Waals surface area contributed by atoms with Gasteiger partial charge in [-0.1, -0.05) is 23.7 Å². The third-order valence-electron chi connectivity index (χ3n) is 6.62. The molecule has 0 atom stereocenters. The summed E-state index contributed by atoms with van der Waals surface area (Å²) in [6.07, 6.45) is 1.42. The highest BCUT2D eigenvalue weighted by Gasteiger charge is 2.43. The van der Waals surface area contributed by atoms with Gasteiger partial charge in [0, 0.05) is 32.2 Å². The fourth-order valence-corrected chi connectivity index (χ4v) is 5.61. The molecule has 10 nitrogen and oxygen atoms in total. The van der Waals surface area contributed by atoms with E-state index >= 15 is 0 Å². The second kappa shape index (κ2) is 11.4. The summed E-state index contributed by atoms with van der Waals surface area (Å²) in [6, 6.07) is 7.90. The van der Waals surface area contributed by atoms with Gasteiger partial charge in [-0.25, -0.2) is 0 Å². The predicted octanol–water partition coefficient (Wildman–Crippen LogP) is 2.47. The van der Waals surface area contributed by atoms with Crippen LogP contribution >= 0.6 is 22.9 Å². The van der Waals surface area contributed by atoms with E-state index < -0.39 is 10.5 Å². The molecule has 0 saturated carbocycles. The molecule has 192 valence electrons. The quantitative estimate of drug-likeness (QED) is 0.434. The number of thiophene rings is 1. The monoisotopic (exact) mass is 533 g/mol. The first kappa shape index (κ1) is 26.1. The van der Waals surface area contributed by atoms with Crippen molar-refractivity contribution >= 4 is 46.3 Å². The lowest BCUT2D eigenvalue weighted by molar-refractivity contribution is -0.384. The van der Waals surface area contributed by atoms with Gasteiger partial charge in [0.25, 0.3) is 11.6 Å². The molecular formula is C24H28ClN5O5S. The maximum absolute atomic E-state index is 13.8. The van der Waals surface area contributed by atoms with Gasteiger partial charge in [-0.05, 0) is 55.4 Å². The van der Waals surface area contributed by atoms with Gasteiger partial charge in [0.15, 0.2) is 0 Å². The lowest BCUT2D eigenvalue weighted by Gasteiger charge is -2.40. The second-order valence-electron chi connectivity index (χ2n) is 9.02. The highest BCUT2D eigenvalue weighted by Crippen LogP contribution is 2.27. The number of amides is 3. The molecule has 2 N–H and O–H groups in total. The number of piperidine rings is 1. The van der Waals surface area contributed by atoms with Crippen molar-refractivity contribution in [3.8, 4) is 0 Å². The Morgan fingerprint density at radius 2 is 1.83 bits per heavy atom. The number of carbonyl (C=O) groups is 3. The number of benzene rings is 1. The summed E-state index contributed by atoms with van der Waals surface area (Å²) in [5.41, 5.74) is -0.883. The van der Waals surface area contributed by atoms with Crippen LogP contribution < -0.4 is 10.6 Å². The van der Waals surface area contributed by atoms with Crippen LogP contribution in [0.5, 0.6) is 0 Å². The second-order valence-corrected chi connectivity index (χ2v) is 10.4. The van der Waals surface area contributed by atoms with Crippen molar-refractivity contribution in [3.05, 3.63) is 61.3 Å². The Labute approximate surface area is 217 Å². The molecule has 1 aromatic heterocycles. The zero-order chi connectivity index (χ0) is 25.7. The van der Waals surface area contributed by atoms with Crippen LogP contribution in [-0.4, -0.2) is 77.3 Å². The van der Waals surface area contributed by atoms with E-state index in [0.717, 1.165) is 0 Å². The van der Waals surface area contributed by atoms with Crippen molar-refractivity contribution in [2.24, 2.45) is 0 Å². The van der Waals surface area contributed by atoms with Gasteiger partial charge >= 0.3 is 0 Å². The molecule has 2 aliphatic heterocycles. The number of hydrogen-bond donors (Lipinski definition) is 2. The number of rotatable bonds is 6. The summed E-state index contributed by atoms with van der Waals surface area (Å²) in [4.78, 5) is 54.4. The van der Waals surface area contributed by atoms with Crippen molar-refractivity contribution in [1.29, 1.82) is 0 Å². The summed E-state index contributed by atoms with van der Waals surface area (Å²) >= 11 is 7.28. The van der Waals surface area contributed by atoms with Gasteiger partial charge in [0.05, 0.1) is 16.2 Å². The number of nitro benzene ring substituents is 1. The van der Waals surface area contributed by atoms with Gasteiger partial charge in [0.1, 0.15) is 10.6 Å². The van der Waals surface area contributed by atoms with Crippen molar-refractivity contribution in [3.63, 3.8) is 0 Å². The smallest absolute Gasteiger partial charge is 0.288 e. The first-order valence-electron chi connectivity index (χ1n) is 11.9. The van der Waals surface area contributed by atoms with Gasteiger partial charge in [-0.3, -0.25) is 24.5 Å². The highest BCUT2D eigenvalue weighted by atomic mass is 35.5. The van der Waals surface area contributed by atoms with E-state index in [2.05, 4.69) is 10.6 Å². The fraction of sp³-hybridized carbons (Fsp3) is 0.458. The van der Waals surface area contributed by atoms with E-state index in [1.165, 1.54) is 23.5 Å². The van der Waals surface area contributed by atoms with Crippen molar-refractivity contribution in [1.82, 2.24) is 20.4 Å². The Bertz CT molecular complexity index is 1140. The molecule has 36 heavy (non-hydrogen) atoms. The Kier molecular flexibility index (Phi) is 8.22. The molecule has 2 aliphatic rings. The number of hydrogen-bond acceptors (Lipinski definition) is 7. The molecule has 0 radical (unpaired) electrons. The summed E-state index contributed by atoms with van der Waals surface area (Å²) in [7, 11) is 0. The summed E-state index contributed by atoms with van der Waals surface area (Å²) < 4.78 is 0. The minimum atomic E-state index is -1.06. The third kappa shape index (κ3) is 5.85. The molecule has 2 saturated heterocycles. The van der Waals surface area contributed by atoms with Crippen molar-refractivity contribution < 1.29 is 19.3 Å². The lowest BCUT2D eigenvalue weighted by atomic mass is 9.86. The van der Waals surface area contributed by atoms with Gasteiger partial charge < -0.3 is 20.4 Å². The Morgan fingerprint density at radius 1 is 1.11 bits per heavy atom. The molecule has 3 amide bonds. The molecule has 2 aromatic rings. The largest absolute Gasteiger partial charge is 0.341 e. The Morgan fingerprint density at radius 3 is 2.53 bits per heavy atom. The minimum absolute atomic E-state index is 0.00179. The molecule has 0 aliphatic carbocycles. The van der Waals surface area contributed by atoms with Crippen LogP contribution in [-0.2, 0) is 16.0 Å². The Hall–Kier alpha value is -3.02. The molecular weight excluding hydrogens is 506 g/mol. The molecule has 0 spiro atoms. The highest BCUT2D eigenvalue weighted by molar-refractivity contribution is 7.12. The van der Waals surface area contributed by atoms with E-state index in [1.807, 2.05) is 11.4 Å². The van der Waals surface area contributed by atoms with Gasteiger partial charge in [-0.15, -0.1) is 11.3 Å². The predicted molar refractivity (Wildman–Crippen MR) is 136 cm³/mol. The van der Waals surface area contributed by atoms with Crippen LogP contribution in [0, 0.1) is 10.1 Å². The Balaban J connectivity index is 1.45. The third-order valence-corrected chi connectivity index (χ3v) is 7.80. The number of carbonyl (C=O) groups excluding carboxylic acids is 3. The van der Waals surface area contributed by atoms with E-state index in [0.29, 0.717) is 69.0 Å². The first-order chi connectivity index (χ1) is 17.3. The minimum Gasteiger partial charge on any atom is -0.341 e. The van der Waals surface area contributed by atoms with Gasteiger partial charge in [0.2, 0.25) is 11.8 Å². The SMILES string of the molecule is O=C(Cc1ccc(Cl)c([N+](=O)[O-])c1)NC1(C(=O)N2CCCN(C(=O)c3cccs3)CC2)CCNCC1. The zero-order valence-electron chi connectivity index (χ0n) is 19.7. The summed E-state index contributed by atoms with van der Waals surface area (Å²) in [5, 5.41) is 19.3. The maximum Gasteiger partial charge on any atom is 0.288 e. The number of nitro groups is 1. The van der Waals surface area contributed by atoms with Crippen molar-refractivity contribution in [2.75, 3.05) is 39.3 Å². The van der Waals surface area contributed by atoms with Crippen LogP contribution in [0.1, 0.15) is 34.5 Å². The molecule has 0 unspecified atom stereocenters. The zero-order valence-corrected chi connectivity index (χ0v) is 21.3. The van der Waals surface area contributed by atoms with Crippen LogP contribution in [0.2, 0.25) is 5.02 Å². The van der Waals surface area contributed by atoms with Crippen molar-refractivity contribution in [2.45, 2.75) is 31.2 Å². The molecule has 12 heteroatoms. The van der Waals surface area contributed by atoms with E-state index in [1.54, 1.807) is 21.9 Å². The summed E-state index contributed by atoms with van der Waals surface area (Å²) in [6.45, 7) is 3.05. The first-order valence-corrected chi connectivity index (χ1v) is 13.1. The summed E-state index contributed by atoms with van der Waals surface area (Å²) in [5.74, 6) is -0.558. The fourth-order valence-electron chi connectivity index (χ4n) is 4.73. The van der Waals surface area contributed by atoms with Crippen LogP contribution in [0.15, 0.2) is 35.7 Å². The molecule has 0 bridgehead atoms. The average Bonchev–Trinajstić information content (AvgIpc) is 3.29. The lowest BCUT2D eigenvalue weighted by Crippen LogP contribution is -2.64. The number of nitrogens with zero attached hydrogens (tertiary/aromatic N) is 3. The standard InChI is InChI=1S/C24H28ClN5O5S/c25-18-5-4-17(15-19(18)30(34)35)16-21(31)27-24(6-8-26-9-7-24)23(33)29-11-2-10-28(12-13-29)22(32)20-3-1-14-36-20/h1,3-5,14-15,26H,2,6-13,16H2,(H,27,31). The molecule has 3 heterocycles. The average molecular weight is 534 g/mol. The topological polar surface area (TPSA) is 125 Å². The molecule has 2 fully saturated rings. The number of halogens is 1. The molecule has 4 rings (SSSR count). The normalized spacial score (nSPS) is 17.8. The molecule has 1 aromatic carbocycles. The van der Waals surface area contributed by atoms with Crippen LogP contribution in [0.3, 0.4) is 0 Å².